The highest BCUT2D eigenvalue weighted by Gasteiger charge is 2.30. The largest absolute Gasteiger partial charge is 0.305 e. The van der Waals surface area contributed by atoms with Crippen LogP contribution in [-0.2, 0) is 11.2 Å². The molecule has 0 aliphatic rings. The van der Waals surface area contributed by atoms with Crippen molar-refractivity contribution in [3.63, 3.8) is 0 Å². The molecule has 0 saturated carbocycles. The van der Waals surface area contributed by atoms with Gasteiger partial charge in [-0.25, -0.2) is 0 Å². The second-order valence-corrected chi connectivity index (χ2v) is 10.9. The van der Waals surface area contributed by atoms with Gasteiger partial charge in [-0.1, -0.05) is 56.0 Å². The van der Waals surface area contributed by atoms with Gasteiger partial charge in [0.05, 0.1) is 0 Å². The number of rotatable bonds is 7. The van der Waals surface area contributed by atoms with Crippen molar-refractivity contribution in [2.24, 2.45) is 5.92 Å². The minimum absolute atomic E-state index is 0.161. The van der Waals surface area contributed by atoms with Gasteiger partial charge in [0.25, 0.3) is 0 Å². The molecule has 0 fully saturated rings. The summed E-state index contributed by atoms with van der Waals surface area (Å²) in [4.78, 5) is 12.4. The Morgan fingerprint density at radius 3 is 2.39 bits per heavy atom. The molecule has 1 nitrogen and oxygen atoms in total. The van der Waals surface area contributed by atoms with E-state index in [1.165, 1.54) is 5.56 Å². The fourth-order valence-electron chi connectivity index (χ4n) is 2.16. The summed E-state index contributed by atoms with van der Waals surface area (Å²) in [7, 11) is -1.69. The fraction of sp³-hybridized carbons (Fsp3) is 0.438. The zero-order valence-electron chi connectivity index (χ0n) is 11.8. The first-order valence-electron chi connectivity index (χ1n) is 6.64. The third kappa shape index (κ3) is 4.61. The molecule has 0 aliphatic carbocycles. The van der Waals surface area contributed by atoms with Crippen LogP contribution < -0.4 is 0 Å². The van der Waals surface area contributed by atoms with Crippen molar-refractivity contribution in [1.29, 1.82) is 0 Å². The van der Waals surface area contributed by atoms with E-state index in [2.05, 4.69) is 50.5 Å². The van der Waals surface area contributed by atoms with Gasteiger partial charge in [-0.05, 0) is 24.8 Å². The van der Waals surface area contributed by atoms with Crippen molar-refractivity contribution in [1.82, 2.24) is 0 Å². The van der Waals surface area contributed by atoms with E-state index in [9.17, 15) is 4.79 Å². The molecule has 1 unspecified atom stereocenters. The maximum atomic E-state index is 12.4. The zero-order chi connectivity index (χ0) is 13.6. The molecule has 0 radical (unpaired) electrons. The van der Waals surface area contributed by atoms with Gasteiger partial charge < -0.3 is 4.79 Å². The Hall–Kier alpha value is -1.15. The Kier molecular flexibility index (Phi) is 5.54. The molecule has 0 bridgehead atoms. The molecule has 1 aromatic rings. The van der Waals surface area contributed by atoms with Crippen LogP contribution in [-0.4, -0.2) is 13.5 Å². The molecule has 2 heteroatoms. The van der Waals surface area contributed by atoms with Crippen molar-refractivity contribution >= 4 is 13.5 Å². The lowest BCUT2D eigenvalue weighted by molar-refractivity contribution is -0.116. The number of carbonyl (C=O) groups excluding carboxylic acids is 1. The van der Waals surface area contributed by atoms with Crippen LogP contribution in [0.2, 0.25) is 19.6 Å². The summed E-state index contributed by atoms with van der Waals surface area (Å²) < 4.78 is 0. The molecule has 18 heavy (non-hydrogen) atoms. The van der Waals surface area contributed by atoms with E-state index < -0.39 is 8.07 Å². The number of allylic oxidation sites excluding steroid dienone is 1. The monoisotopic (exact) mass is 260 g/mol. The highest BCUT2D eigenvalue weighted by Crippen LogP contribution is 2.20. The van der Waals surface area contributed by atoms with E-state index in [1.807, 2.05) is 12.1 Å². The van der Waals surface area contributed by atoms with E-state index in [1.54, 1.807) is 0 Å². The summed E-state index contributed by atoms with van der Waals surface area (Å²) in [5, 5.41) is 0.485. The van der Waals surface area contributed by atoms with Crippen LogP contribution in [0.1, 0.15) is 18.4 Å². The maximum Gasteiger partial charge on any atom is 0.124 e. The molecular weight excluding hydrogens is 236 g/mol. The van der Waals surface area contributed by atoms with Crippen LogP contribution in [0.3, 0.4) is 0 Å². The van der Waals surface area contributed by atoms with E-state index in [0.29, 0.717) is 5.41 Å². The molecule has 1 atom stereocenters. The number of aryl methyl sites for hydroxylation is 1. The third-order valence-corrected chi connectivity index (χ3v) is 5.07. The second-order valence-electron chi connectivity index (χ2n) is 5.86. The quantitative estimate of drug-likeness (QED) is 0.529. The molecule has 0 aromatic heterocycles. The Balaban J connectivity index is 2.64. The molecule has 98 valence electrons. The highest BCUT2D eigenvalue weighted by atomic mass is 28.3. The fourth-order valence-corrected chi connectivity index (χ4v) is 3.64. The minimum atomic E-state index is -1.69. The smallest absolute Gasteiger partial charge is 0.124 e. The predicted molar refractivity (Wildman–Crippen MR) is 81.4 cm³/mol. The normalized spacial score (nSPS) is 13.1. The minimum Gasteiger partial charge on any atom is -0.305 e. The summed E-state index contributed by atoms with van der Waals surface area (Å²) in [5.41, 5.74) is 1.31. The first-order chi connectivity index (χ1) is 8.45. The summed E-state index contributed by atoms with van der Waals surface area (Å²) in [6, 6.07) is 10.4. The van der Waals surface area contributed by atoms with Gasteiger partial charge in [-0.15, -0.1) is 6.58 Å². The molecule has 1 aromatic carbocycles. The molecule has 0 heterocycles. The van der Waals surface area contributed by atoms with Gasteiger partial charge >= 0.3 is 0 Å². The average Bonchev–Trinajstić information content (AvgIpc) is 2.34. The lowest BCUT2D eigenvalue weighted by atomic mass is 9.97. The molecule has 0 amide bonds. The van der Waals surface area contributed by atoms with Crippen LogP contribution in [0.4, 0.5) is 0 Å². The third-order valence-electron chi connectivity index (χ3n) is 3.19. The van der Waals surface area contributed by atoms with E-state index in [0.717, 1.165) is 19.3 Å². The molecule has 0 saturated heterocycles. The highest BCUT2D eigenvalue weighted by molar-refractivity contribution is 7.03. The number of hydrogen-bond acceptors (Lipinski definition) is 1. The van der Waals surface area contributed by atoms with Crippen molar-refractivity contribution in [3.8, 4) is 0 Å². The van der Waals surface area contributed by atoms with Gasteiger partial charge in [-0.2, -0.15) is 0 Å². The van der Waals surface area contributed by atoms with Gasteiger partial charge in [0, 0.05) is 5.92 Å². The first kappa shape index (κ1) is 14.9. The summed E-state index contributed by atoms with van der Waals surface area (Å²) >= 11 is 0. The summed E-state index contributed by atoms with van der Waals surface area (Å²) in [6.07, 6.45) is 4.62. The van der Waals surface area contributed by atoms with Gasteiger partial charge in [0.2, 0.25) is 0 Å². The molecule has 1 rings (SSSR count). The maximum absolute atomic E-state index is 12.4. The molecule has 0 aliphatic heterocycles. The predicted octanol–water partition coefficient (Wildman–Crippen LogP) is 4.26. The van der Waals surface area contributed by atoms with Crippen LogP contribution in [0.25, 0.3) is 0 Å². The molecular formula is C16H24OSi. The summed E-state index contributed by atoms with van der Waals surface area (Å²) in [5.74, 6) is 0.161. The Bertz CT molecular complexity index is 389. The lowest BCUT2D eigenvalue weighted by Gasteiger charge is -2.22. The molecule has 0 N–H and O–H groups in total. The lowest BCUT2D eigenvalue weighted by Crippen LogP contribution is -2.39. The van der Waals surface area contributed by atoms with E-state index in [4.69, 9.17) is 0 Å². The van der Waals surface area contributed by atoms with Crippen molar-refractivity contribution < 1.29 is 4.79 Å². The number of hydrogen-bond donors (Lipinski definition) is 0. The second kappa shape index (κ2) is 6.69. The Morgan fingerprint density at radius 2 is 1.89 bits per heavy atom. The van der Waals surface area contributed by atoms with Crippen molar-refractivity contribution in [2.75, 3.05) is 0 Å². The number of benzene rings is 1. The SMILES string of the molecule is C=CCC(CCc1ccccc1)C(=O)[Si](C)(C)C. The van der Waals surface area contributed by atoms with Crippen molar-refractivity contribution in [3.05, 3.63) is 48.6 Å². The zero-order valence-corrected chi connectivity index (χ0v) is 12.8. The summed E-state index contributed by atoms with van der Waals surface area (Å²) in [6.45, 7) is 10.2. The molecule has 0 spiro atoms. The van der Waals surface area contributed by atoms with E-state index >= 15 is 0 Å². The van der Waals surface area contributed by atoms with Crippen LogP contribution >= 0.6 is 0 Å². The topological polar surface area (TPSA) is 17.1 Å². The van der Waals surface area contributed by atoms with Gasteiger partial charge in [0.15, 0.2) is 0 Å². The standard InChI is InChI=1S/C16H24OSi/c1-5-9-15(16(17)18(2,3)4)13-12-14-10-7-6-8-11-14/h5-8,10-11,15H,1,9,12-13H2,2-4H3. The van der Waals surface area contributed by atoms with Gasteiger partial charge in [-0.3, -0.25) is 0 Å². The Labute approximate surface area is 112 Å². The first-order valence-corrected chi connectivity index (χ1v) is 10.1. The van der Waals surface area contributed by atoms with Crippen LogP contribution in [0.5, 0.6) is 0 Å². The van der Waals surface area contributed by atoms with Crippen LogP contribution in [0.15, 0.2) is 43.0 Å². The average molecular weight is 260 g/mol. The van der Waals surface area contributed by atoms with E-state index in [-0.39, 0.29) is 5.92 Å². The number of carbonyl (C=O) groups is 1. The van der Waals surface area contributed by atoms with Gasteiger partial charge in [0.1, 0.15) is 13.5 Å². The van der Waals surface area contributed by atoms with Crippen LogP contribution in [0, 0.1) is 5.92 Å². The van der Waals surface area contributed by atoms with Crippen molar-refractivity contribution in [2.45, 2.75) is 38.9 Å². The Morgan fingerprint density at radius 1 is 1.28 bits per heavy atom.